The molecule has 0 atom stereocenters. The highest BCUT2D eigenvalue weighted by Crippen LogP contribution is 2.32. The third-order valence-electron chi connectivity index (χ3n) is 5.34. The van der Waals surface area contributed by atoms with Crippen molar-refractivity contribution in [1.82, 2.24) is 14.3 Å². The van der Waals surface area contributed by atoms with E-state index in [0.29, 0.717) is 6.04 Å². The van der Waals surface area contributed by atoms with E-state index >= 15 is 0 Å². The monoisotopic (exact) mass is 401 g/mol. The van der Waals surface area contributed by atoms with Crippen molar-refractivity contribution in [2.45, 2.75) is 65.0 Å². The molecular formula is C21H25F2N5O. The number of hydrogen-bond acceptors (Lipinski definition) is 3. The van der Waals surface area contributed by atoms with Gasteiger partial charge < -0.3 is 9.88 Å². The molecule has 1 fully saturated rings. The fourth-order valence-corrected chi connectivity index (χ4v) is 4.02. The number of nitriles is 1. The van der Waals surface area contributed by atoms with Gasteiger partial charge in [0, 0.05) is 23.6 Å². The molecule has 6 nitrogen and oxygen atoms in total. The van der Waals surface area contributed by atoms with Crippen LogP contribution in [-0.2, 0) is 11.3 Å². The summed E-state index contributed by atoms with van der Waals surface area (Å²) in [6, 6.07) is 4.40. The quantitative estimate of drug-likeness (QED) is 0.567. The first-order valence-corrected chi connectivity index (χ1v) is 9.81. The standard InChI is InChI=1S/C21H25F2N5O/c1-14-8-16(15(2)28(14)19-6-4-3-5-7-19)9-17(10-24)21(29)26-18-11-25-27(12-18)13-20(22)23/h8-9,11-12,19-20H,3-7,13H2,1-2H3,(H,26,29)/b17-9-. The van der Waals surface area contributed by atoms with Crippen LogP contribution in [0.25, 0.3) is 6.08 Å². The molecule has 29 heavy (non-hydrogen) atoms. The average molecular weight is 401 g/mol. The smallest absolute Gasteiger partial charge is 0.266 e. The highest BCUT2D eigenvalue weighted by molar-refractivity contribution is 6.09. The average Bonchev–Trinajstić information content (AvgIpc) is 3.23. The van der Waals surface area contributed by atoms with Crippen molar-refractivity contribution >= 4 is 17.7 Å². The van der Waals surface area contributed by atoms with Gasteiger partial charge in [-0.05, 0) is 44.4 Å². The number of alkyl halides is 2. The Morgan fingerprint density at radius 2 is 2.10 bits per heavy atom. The number of carbonyl (C=O) groups is 1. The van der Waals surface area contributed by atoms with Gasteiger partial charge in [-0.1, -0.05) is 19.3 Å². The van der Waals surface area contributed by atoms with Gasteiger partial charge in [0.15, 0.2) is 0 Å². The Kier molecular flexibility index (Phi) is 6.47. The Balaban J connectivity index is 1.78. The molecule has 0 saturated heterocycles. The number of amides is 1. The van der Waals surface area contributed by atoms with Crippen molar-refractivity contribution in [3.05, 3.63) is 41.0 Å². The Morgan fingerprint density at radius 1 is 1.38 bits per heavy atom. The van der Waals surface area contributed by atoms with Gasteiger partial charge >= 0.3 is 0 Å². The normalized spacial score (nSPS) is 15.5. The Hall–Kier alpha value is -2.95. The molecule has 154 valence electrons. The first-order chi connectivity index (χ1) is 13.9. The molecule has 1 amide bonds. The lowest BCUT2D eigenvalue weighted by Crippen LogP contribution is -2.15. The molecule has 1 aliphatic carbocycles. The van der Waals surface area contributed by atoms with E-state index in [4.69, 9.17) is 0 Å². The summed E-state index contributed by atoms with van der Waals surface area (Å²) in [5.41, 5.74) is 3.22. The van der Waals surface area contributed by atoms with E-state index in [-0.39, 0.29) is 11.3 Å². The van der Waals surface area contributed by atoms with Gasteiger partial charge in [0.1, 0.15) is 18.2 Å². The predicted molar refractivity (Wildman–Crippen MR) is 106 cm³/mol. The highest BCUT2D eigenvalue weighted by Gasteiger charge is 2.20. The van der Waals surface area contributed by atoms with Crippen LogP contribution in [0.4, 0.5) is 14.5 Å². The molecule has 1 saturated carbocycles. The Morgan fingerprint density at radius 3 is 2.76 bits per heavy atom. The van der Waals surface area contributed by atoms with Gasteiger partial charge in [-0.3, -0.25) is 9.48 Å². The maximum atomic E-state index is 12.5. The van der Waals surface area contributed by atoms with Crippen molar-refractivity contribution in [1.29, 1.82) is 5.26 Å². The number of aryl methyl sites for hydroxylation is 1. The molecule has 0 unspecified atom stereocenters. The number of carbonyl (C=O) groups excluding carboxylic acids is 1. The highest BCUT2D eigenvalue weighted by atomic mass is 19.3. The van der Waals surface area contributed by atoms with E-state index in [1.807, 2.05) is 26.0 Å². The predicted octanol–water partition coefficient (Wildman–Crippen LogP) is 4.62. The van der Waals surface area contributed by atoms with Crippen LogP contribution in [0, 0.1) is 25.2 Å². The van der Waals surface area contributed by atoms with Gasteiger partial charge in [-0.25, -0.2) is 8.78 Å². The number of aromatic nitrogens is 3. The van der Waals surface area contributed by atoms with Crippen molar-refractivity contribution in [3.8, 4) is 6.07 Å². The third kappa shape index (κ3) is 4.91. The topological polar surface area (TPSA) is 75.6 Å². The SMILES string of the molecule is Cc1cc(/C=C(/C#N)C(=O)Nc2cnn(CC(F)F)c2)c(C)n1C1CCCCC1. The summed E-state index contributed by atoms with van der Waals surface area (Å²) in [6.07, 6.45) is 7.65. The van der Waals surface area contributed by atoms with Crippen LogP contribution < -0.4 is 5.32 Å². The molecule has 0 aromatic carbocycles. The first-order valence-electron chi connectivity index (χ1n) is 9.81. The molecule has 0 aliphatic heterocycles. The largest absolute Gasteiger partial charge is 0.346 e. The number of anilines is 1. The summed E-state index contributed by atoms with van der Waals surface area (Å²) in [5.74, 6) is -0.591. The van der Waals surface area contributed by atoms with Gasteiger partial charge in [-0.2, -0.15) is 10.4 Å². The minimum Gasteiger partial charge on any atom is -0.346 e. The van der Waals surface area contributed by atoms with E-state index in [9.17, 15) is 18.8 Å². The van der Waals surface area contributed by atoms with Gasteiger partial charge in [0.25, 0.3) is 12.3 Å². The second-order valence-corrected chi connectivity index (χ2v) is 7.45. The van der Waals surface area contributed by atoms with Crippen molar-refractivity contribution < 1.29 is 13.6 Å². The van der Waals surface area contributed by atoms with E-state index in [1.54, 1.807) is 6.08 Å². The summed E-state index contributed by atoms with van der Waals surface area (Å²) < 4.78 is 28.2. The Bertz CT molecular complexity index is 945. The number of nitrogens with zero attached hydrogens (tertiary/aromatic N) is 4. The number of halogens is 2. The summed E-state index contributed by atoms with van der Waals surface area (Å²) in [4.78, 5) is 12.5. The molecule has 2 aromatic heterocycles. The zero-order chi connectivity index (χ0) is 21.0. The Labute approximate surface area is 168 Å². The van der Waals surface area contributed by atoms with Crippen LogP contribution in [0.5, 0.6) is 0 Å². The lowest BCUT2D eigenvalue weighted by atomic mass is 9.95. The number of rotatable bonds is 6. The zero-order valence-electron chi connectivity index (χ0n) is 16.7. The van der Waals surface area contributed by atoms with Gasteiger partial charge in [-0.15, -0.1) is 0 Å². The number of hydrogen-bond donors (Lipinski definition) is 1. The lowest BCUT2D eigenvalue weighted by Gasteiger charge is -2.26. The summed E-state index contributed by atoms with van der Waals surface area (Å²) in [5, 5.41) is 15.8. The van der Waals surface area contributed by atoms with E-state index in [0.717, 1.165) is 34.5 Å². The molecule has 2 aromatic rings. The zero-order valence-corrected chi connectivity index (χ0v) is 16.7. The molecule has 1 N–H and O–H groups in total. The van der Waals surface area contributed by atoms with Crippen LogP contribution in [0.3, 0.4) is 0 Å². The van der Waals surface area contributed by atoms with Crippen LogP contribution in [0.1, 0.15) is 55.1 Å². The molecule has 0 radical (unpaired) electrons. The maximum Gasteiger partial charge on any atom is 0.266 e. The van der Waals surface area contributed by atoms with Gasteiger partial charge in [0.2, 0.25) is 0 Å². The molecular weight excluding hydrogens is 376 g/mol. The minimum absolute atomic E-state index is 0.0458. The van der Waals surface area contributed by atoms with Gasteiger partial charge in [0.05, 0.1) is 11.9 Å². The third-order valence-corrected chi connectivity index (χ3v) is 5.34. The minimum atomic E-state index is -2.53. The lowest BCUT2D eigenvalue weighted by molar-refractivity contribution is -0.112. The fourth-order valence-electron chi connectivity index (χ4n) is 4.02. The van der Waals surface area contributed by atoms with E-state index < -0.39 is 18.9 Å². The van der Waals surface area contributed by atoms with Crippen molar-refractivity contribution in [3.63, 3.8) is 0 Å². The van der Waals surface area contributed by atoms with Crippen LogP contribution in [-0.4, -0.2) is 26.7 Å². The first kappa shape index (κ1) is 20.8. The number of nitrogens with one attached hydrogen (secondary N) is 1. The maximum absolute atomic E-state index is 12.5. The van der Waals surface area contributed by atoms with Crippen molar-refractivity contribution in [2.24, 2.45) is 0 Å². The molecule has 0 spiro atoms. The van der Waals surface area contributed by atoms with Crippen molar-refractivity contribution in [2.75, 3.05) is 5.32 Å². The van der Waals surface area contributed by atoms with Crippen LogP contribution in [0.2, 0.25) is 0 Å². The molecule has 0 bridgehead atoms. The molecule has 8 heteroatoms. The summed E-state index contributed by atoms with van der Waals surface area (Å²) in [6.45, 7) is 3.50. The molecule has 3 rings (SSSR count). The fraction of sp³-hybridized carbons (Fsp3) is 0.476. The van der Waals surface area contributed by atoms with Crippen LogP contribution in [0.15, 0.2) is 24.0 Å². The second-order valence-electron chi connectivity index (χ2n) is 7.45. The summed E-state index contributed by atoms with van der Waals surface area (Å²) >= 11 is 0. The van der Waals surface area contributed by atoms with E-state index in [2.05, 4.69) is 15.0 Å². The molecule has 1 aliphatic rings. The summed E-state index contributed by atoms with van der Waals surface area (Å²) in [7, 11) is 0. The van der Waals surface area contributed by atoms with Crippen LogP contribution >= 0.6 is 0 Å². The second kappa shape index (κ2) is 9.03. The molecule has 2 heterocycles. The van der Waals surface area contributed by atoms with E-state index in [1.165, 1.54) is 31.7 Å².